The monoisotopic (exact) mass is 344 g/mol. The van der Waals surface area contributed by atoms with Crippen molar-refractivity contribution in [3.63, 3.8) is 0 Å². The Morgan fingerprint density at radius 3 is 2.92 bits per heavy atom. The smallest absolute Gasteiger partial charge is 0.257 e. The lowest BCUT2D eigenvalue weighted by atomic mass is 10.1. The molecule has 134 valence electrons. The van der Waals surface area contributed by atoms with Crippen molar-refractivity contribution >= 4 is 5.91 Å². The maximum Gasteiger partial charge on any atom is 0.257 e. The number of furan rings is 1. The van der Waals surface area contributed by atoms with E-state index in [4.69, 9.17) is 9.25 Å². The average molecular weight is 344 g/mol. The van der Waals surface area contributed by atoms with E-state index in [2.05, 4.69) is 10.4 Å². The fourth-order valence-electron chi connectivity index (χ4n) is 3.22. The maximum atomic E-state index is 12.1. The highest BCUT2D eigenvalue weighted by atomic mass is 16.6. The van der Waals surface area contributed by atoms with Gasteiger partial charge in [-0.15, -0.1) is 0 Å². The Bertz CT molecular complexity index is 645. The standard InChI is InChI=1S/C19H24N2O4/c22-17(18-9-5-11-24-18)12-16-8-4-10-21(16)13-19(23)20-25-14-15-6-2-1-3-7-15/h1-3,5-7,9,11,16-17,22H,4,8,10,12-14H2,(H,20,23). The van der Waals surface area contributed by atoms with E-state index in [0.29, 0.717) is 18.8 Å². The Kier molecular flexibility index (Phi) is 6.22. The SMILES string of the molecule is O=C(CN1CCCC1CC(O)c1ccco1)NOCc1ccccc1. The van der Waals surface area contributed by atoms with Gasteiger partial charge in [-0.3, -0.25) is 14.5 Å². The van der Waals surface area contributed by atoms with Crippen LogP contribution < -0.4 is 5.48 Å². The van der Waals surface area contributed by atoms with Crippen molar-refractivity contribution < 1.29 is 19.2 Å². The van der Waals surface area contributed by atoms with Crippen molar-refractivity contribution in [3.05, 3.63) is 60.1 Å². The molecule has 1 aliphatic heterocycles. The first-order valence-corrected chi connectivity index (χ1v) is 8.62. The van der Waals surface area contributed by atoms with Gasteiger partial charge in [-0.05, 0) is 43.5 Å². The molecule has 0 radical (unpaired) electrons. The normalized spacial score (nSPS) is 19.0. The molecule has 0 spiro atoms. The van der Waals surface area contributed by atoms with Gasteiger partial charge in [-0.2, -0.15) is 0 Å². The van der Waals surface area contributed by atoms with Crippen LogP contribution in [0.15, 0.2) is 53.1 Å². The minimum atomic E-state index is -0.641. The van der Waals surface area contributed by atoms with Crippen LogP contribution >= 0.6 is 0 Å². The lowest BCUT2D eigenvalue weighted by molar-refractivity contribution is -0.136. The van der Waals surface area contributed by atoms with Gasteiger partial charge < -0.3 is 9.52 Å². The summed E-state index contributed by atoms with van der Waals surface area (Å²) in [7, 11) is 0. The molecule has 1 saturated heterocycles. The largest absolute Gasteiger partial charge is 0.467 e. The minimum Gasteiger partial charge on any atom is -0.467 e. The number of nitrogens with one attached hydrogen (secondary N) is 1. The van der Waals surface area contributed by atoms with Gasteiger partial charge in [0.25, 0.3) is 5.91 Å². The molecule has 2 aromatic rings. The van der Waals surface area contributed by atoms with Crippen LogP contribution in [0.5, 0.6) is 0 Å². The van der Waals surface area contributed by atoms with Gasteiger partial charge in [0.05, 0.1) is 19.4 Å². The van der Waals surface area contributed by atoms with Gasteiger partial charge in [0.2, 0.25) is 0 Å². The molecule has 3 rings (SSSR count). The summed E-state index contributed by atoms with van der Waals surface area (Å²) < 4.78 is 5.25. The molecule has 1 aromatic heterocycles. The number of benzene rings is 1. The number of carbonyl (C=O) groups is 1. The van der Waals surface area contributed by atoms with Gasteiger partial charge in [-0.1, -0.05) is 30.3 Å². The van der Waals surface area contributed by atoms with Crippen molar-refractivity contribution in [2.24, 2.45) is 0 Å². The second-order valence-corrected chi connectivity index (χ2v) is 6.33. The number of hydrogen-bond donors (Lipinski definition) is 2. The van der Waals surface area contributed by atoms with Crippen LogP contribution in [0.3, 0.4) is 0 Å². The quantitative estimate of drug-likeness (QED) is 0.720. The molecular weight excluding hydrogens is 320 g/mol. The first kappa shape index (κ1) is 17.7. The number of carbonyl (C=O) groups excluding carboxylic acids is 1. The molecule has 2 atom stereocenters. The zero-order valence-corrected chi connectivity index (χ0v) is 14.1. The van der Waals surface area contributed by atoms with Crippen molar-refractivity contribution in [1.82, 2.24) is 10.4 Å². The van der Waals surface area contributed by atoms with Gasteiger partial charge in [-0.25, -0.2) is 5.48 Å². The maximum absolute atomic E-state index is 12.1. The van der Waals surface area contributed by atoms with Crippen LogP contribution in [0.1, 0.15) is 36.7 Å². The Morgan fingerprint density at radius 1 is 1.32 bits per heavy atom. The number of hydrogen-bond acceptors (Lipinski definition) is 5. The third kappa shape index (κ3) is 5.16. The molecule has 6 nitrogen and oxygen atoms in total. The minimum absolute atomic E-state index is 0.167. The first-order valence-electron chi connectivity index (χ1n) is 8.62. The number of rotatable bonds is 8. The van der Waals surface area contributed by atoms with E-state index in [1.54, 1.807) is 18.4 Å². The summed E-state index contributed by atoms with van der Waals surface area (Å²) in [6, 6.07) is 13.4. The molecule has 0 saturated carbocycles. The van der Waals surface area contributed by atoms with Crippen LogP contribution in [0.4, 0.5) is 0 Å². The molecule has 1 amide bonds. The molecule has 1 aromatic carbocycles. The number of aliphatic hydroxyl groups is 1. The molecule has 2 N–H and O–H groups in total. The van der Waals surface area contributed by atoms with Gasteiger partial charge >= 0.3 is 0 Å². The number of aliphatic hydroxyl groups excluding tert-OH is 1. The zero-order chi connectivity index (χ0) is 17.5. The molecule has 25 heavy (non-hydrogen) atoms. The third-order valence-electron chi connectivity index (χ3n) is 4.48. The predicted octanol–water partition coefficient (Wildman–Crippen LogP) is 2.42. The molecule has 2 unspecified atom stereocenters. The molecule has 6 heteroatoms. The Morgan fingerprint density at radius 2 is 2.16 bits per heavy atom. The Balaban J connectivity index is 1.42. The van der Waals surface area contributed by atoms with Crippen LogP contribution in [0, 0.1) is 0 Å². The van der Waals surface area contributed by atoms with Crippen LogP contribution in [-0.4, -0.2) is 35.0 Å². The second-order valence-electron chi connectivity index (χ2n) is 6.33. The average Bonchev–Trinajstić information content (AvgIpc) is 3.28. The zero-order valence-electron chi connectivity index (χ0n) is 14.1. The molecule has 0 aliphatic carbocycles. The summed E-state index contributed by atoms with van der Waals surface area (Å²) >= 11 is 0. The van der Waals surface area contributed by atoms with Gasteiger partial charge in [0.15, 0.2) is 0 Å². The lowest BCUT2D eigenvalue weighted by Gasteiger charge is -2.25. The van der Waals surface area contributed by atoms with E-state index in [9.17, 15) is 9.90 Å². The highest BCUT2D eigenvalue weighted by Gasteiger charge is 2.29. The highest BCUT2D eigenvalue weighted by molar-refractivity contribution is 5.77. The van der Waals surface area contributed by atoms with E-state index >= 15 is 0 Å². The van der Waals surface area contributed by atoms with Crippen molar-refractivity contribution in [1.29, 1.82) is 0 Å². The topological polar surface area (TPSA) is 74.9 Å². The molecule has 1 aliphatic rings. The van der Waals surface area contributed by atoms with Crippen molar-refractivity contribution in [2.75, 3.05) is 13.1 Å². The molecule has 2 heterocycles. The molecule has 0 bridgehead atoms. The van der Waals surface area contributed by atoms with Gasteiger partial charge in [0, 0.05) is 6.04 Å². The lowest BCUT2D eigenvalue weighted by Crippen LogP contribution is -2.40. The van der Waals surface area contributed by atoms with E-state index in [1.807, 2.05) is 30.3 Å². The molecular formula is C19H24N2O4. The van der Waals surface area contributed by atoms with Crippen molar-refractivity contribution in [3.8, 4) is 0 Å². The second kappa shape index (κ2) is 8.80. The number of nitrogens with zero attached hydrogens (tertiary/aromatic N) is 1. The summed E-state index contributed by atoms with van der Waals surface area (Å²) in [6.07, 6.45) is 3.47. The van der Waals surface area contributed by atoms with Crippen molar-refractivity contribution in [2.45, 2.75) is 38.0 Å². The number of amides is 1. The van der Waals surface area contributed by atoms with Crippen LogP contribution in [0.25, 0.3) is 0 Å². The third-order valence-corrected chi connectivity index (χ3v) is 4.48. The number of likely N-dealkylation sites (tertiary alicyclic amines) is 1. The van der Waals surface area contributed by atoms with Gasteiger partial charge in [0.1, 0.15) is 11.9 Å². The summed E-state index contributed by atoms with van der Waals surface area (Å²) in [4.78, 5) is 19.5. The fraction of sp³-hybridized carbons (Fsp3) is 0.421. The summed E-state index contributed by atoms with van der Waals surface area (Å²) in [5.41, 5.74) is 3.50. The fourth-order valence-corrected chi connectivity index (χ4v) is 3.22. The number of hydroxylamine groups is 1. The van der Waals surface area contributed by atoms with E-state index < -0.39 is 6.10 Å². The Labute approximate surface area is 147 Å². The van der Waals surface area contributed by atoms with Crippen LogP contribution in [0.2, 0.25) is 0 Å². The summed E-state index contributed by atoms with van der Waals surface area (Å²) in [5.74, 6) is 0.401. The Hall–Kier alpha value is -2.15. The van der Waals surface area contributed by atoms with Crippen LogP contribution in [-0.2, 0) is 16.2 Å². The highest BCUT2D eigenvalue weighted by Crippen LogP contribution is 2.27. The first-order chi connectivity index (χ1) is 12.2. The van der Waals surface area contributed by atoms with E-state index in [-0.39, 0.29) is 18.5 Å². The predicted molar refractivity (Wildman–Crippen MR) is 92.3 cm³/mol. The summed E-state index contributed by atoms with van der Waals surface area (Å²) in [5, 5.41) is 10.2. The van der Waals surface area contributed by atoms with E-state index in [1.165, 1.54) is 0 Å². The summed E-state index contributed by atoms with van der Waals surface area (Å²) in [6.45, 7) is 1.46. The van der Waals surface area contributed by atoms with E-state index in [0.717, 1.165) is 24.9 Å². The molecule has 1 fully saturated rings.